The summed E-state index contributed by atoms with van der Waals surface area (Å²) in [5.74, 6) is -0.525. The van der Waals surface area contributed by atoms with E-state index in [1.807, 2.05) is 6.07 Å². The van der Waals surface area contributed by atoms with Crippen molar-refractivity contribution >= 4 is 40.8 Å². The van der Waals surface area contributed by atoms with Crippen molar-refractivity contribution in [1.82, 2.24) is 9.97 Å². The van der Waals surface area contributed by atoms with Crippen LogP contribution in [0.3, 0.4) is 0 Å². The summed E-state index contributed by atoms with van der Waals surface area (Å²) in [7, 11) is 0. The van der Waals surface area contributed by atoms with Crippen molar-refractivity contribution in [1.29, 1.82) is 5.26 Å². The second-order valence-electron chi connectivity index (χ2n) is 7.68. The Morgan fingerprint density at radius 2 is 1.80 bits per heavy atom. The zero-order valence-corrected chi connectivity index (χ0v) is 19.3. The van der Waals surface area contributed by atoms with Crippen LogP contribution in [0.15, 0.2) is 53.9 Å². The van der Waals surface area contributed by atoms with E-state index < -0.39 is 24.1 Å². The number of alkyl halides is 3. The van der Waals surface area contributed by atoms with Gasteiger partial charge in [0, 0.05) is 27.6 Å². The summed E-state index contributed by atoms with van der Waals surface area (Å²) in [6.45, 7) is 1.63. The minimum Gasteiger partial charge on any atom is -0.374 e. The third-order valence-corrected chi connectivity index (χ3v) is 5.76. The van der Waals surface area contributed by atoms with Crippen LogP contribution in [0, 0.1) is 18.3 Å². The number of anilines is 1. The van der Waals surface area contributed by atoms with Crippen molar-refractivity contribution in [2.24, 2.45) is 5.16 Å². The van der Waals surface area contributed by atoms with Crippen molar-refractivity contribution in [3.8, 4) is 6.07 Å². The SMILES string of the molecule is Cc1cc(C2=NOC(c3cc(Cl)cc(Cl)c3)(C(F)(F)F)C2)ccc1C(=O)Nc1ncc(C#N)cn1. The van der Waals surface area contributed by atoms with Crippen LogP contribution in [0.2, 0.25) is 10.0 Å². The molecule has 1 aliphatic rings. The number of halogens is 5. The number of rotatable bonds is 4. The highest BCUT2D eigenvalue weighted by molar-refractivity contribution is 6.34. The summed E-state index contributed by atoms with van der Waals surface area (Å²) < 4.78 is 42.6. The van der Waals surface area contributed by atoms with Crippen molar-refractivity contribution in [2.45, 2.75) is 25.1 Å². The minimum atomic E-state index is -4.82. The number of benzene rings is 2. The molecule has 1 aliphatic heterocycles. The van der Waals surface area contributed by atoms with E-state index in [-0.39, 0.29) is 38.4 Å². The van der Waals surface area contributed by atoms with Gasteiger partial charge in [-0.2, -0.15) is 18.4 Å². The first kappa shape index (κ1) is 24.4. The molecule has 0 fully saturated rings. The predicted molar refractivity (Wildman–Crippen MR) is 122 cm³/mol. The molecule has 2 aromatic carbocycles. The van der Waals surface area contributed by atoms with E-state index in [1.165, 1.54) is 36.7 Å². The second kappa shape index (κ2) is 9.17. The smallest absolute Gasteiger partial charge is 0.374 e. The molecule has 1 unspecified atom stereocenters. The van der Waals surface area contributed by atoms with Gasteiger partial charge in [0.1, 0.15) is 6.07 Å². The summed E-state index contributed by atoms with van der Waals surface area (Å²) in [5.41, 5.74) is -1.66. The van der Waals surface area contributed by atoms with Crippen LogP contribution in [0.25, 0.3) is 0 Å². The first-order valence-electron chi connectivity index (χ1n) is 9.95. The Labute approximate surface area is 207 Å². The molecule has 7 nitrogen and oxygen atoms in total. The molecular formula is C23H14Cl2F3N5O2. The molecule has 12 heteroatoms. The largest absolute Gasteiger partial charge is 0.435 e. The Morgan fingerprint density at radius 1 is 1.14 bits per heavy atom. The van der Waals surface area contributed by atoms with Gasteiger partial charge in [-0.05, 0) is 48.4 Å². The number of carbonyl (C=O) groups excluding carboxylic acids is 1. The van der Waals surface area contributed by atoms with Crippen LogP contribution in [0.5, 0.6) is 0 Å². The molecule has 0 saturated heterocycles. The number of nitrogens with one attached hydrogen (secondary N) is 1. The maximum Gasteiger partial charge on any atom is 0.435 e. The lowest BCUT2D eigenvalue weighted by Gasteiger charge is -2.29. The molecule has 1 atom stereocenters. The molecule has 1 aromatic heterocycles. The van der Waals surface area contributed by atoms with Gasteiger partial charge in [-0.15, -0.1) is 0 Å². The highest BCUT2D eigenvalue weighted by Gasteiger charge is 2.62. The van der Waals surface area contributed by atoms with Crippen molar-refractivity contribution in [2.75, 3.05) is 5.32 Å². The standard InChI is InChI=1S/C23H14Cl2F3N5O2/c1-12-4-14(2-3-18(12)20(34)32-21-30-10-13(9-29)11-31-21)19-8-22(35-33-19,23(26,27)28)15-5-16(24)7-17(25)6-15/h2-7,10-11H,8H2,1H3,(H,30,31,32,34). The van der Waals surface area contributed by atoms with E-state index in [2.05, 4.69) is 20.4 Å². The van der Waals surface area contributed by atoms with Gasteiger partial charge in [0.15, 0.2) is 0 Å². The number of amides is 1. The molecule has 3 aromatic rings. The number of oxime groups is 1. The lowest BCUT2D eigenvalue weighted by molar-refractivity contribution is -0.275. The number of aryl methyl sites for hydroxylation is 1. The van der Waals surface area contributed by atoms with Crippen LogP contribution >= 0.6 is 23.2 Å². The van der Waals surface area contributed by atoms with Gasteiger partial charge in [-0.1, -0.05) is 34.4 Å². The van der Waals surface area contributed by atoms with Crippen molar-refractivity contribution < 1.29 is 22.8 Å². The quantitative estimate of drug-likeness (QED) is 0.469. The molecular weight excluding hydrogens is 506 g/mol. The highest BCUT2D eigenvalue weighted by atomic mass is 35.5. The van der Waals surface area contributed by atoms with E-state index in [1.54, 1.807) is 6.92 Å². The lowest BCUT2D eigenvalue weighted by Crippen LogP contribution is -2.42. The van der Waals surface area contributed by atoms with Crippen molar-refractivity contribution in [3.05, 3.63) is 86.7 Å². The fraction of sp³-hybridized carbons (Fsp3) is 0.174. The third-order valence-electron chi connectivity index (χ3n) is 5.33. The Bertz CT molecular complexity index is 1370. The number of carbonyl (C=O) groups is 1. The van der Waals surface area contributed by atoms with Crippen molar-refractivity contribution in [3.63, 3.8) is 0 Å². The molecule has 0 bridgehead atoms. The Balaban J connectivity index is 1.58. The molecule has 1 amide bonds. The maximum atomic E-state index is 14.2. The lowest BCUT2D eigenvalue weighted by atomic mass is 9.86. The fourth-order valence-electron chi connectivity index (χ4n) is 3.56. The van der Waals surface area contributed by atoms with Crippen LogP contribution in [0.4, 0.5) is 19.1 Å². The average molecular weight is 520 g/mol. The molecule has 2 heterocycles. The Morgan fingerprint density at radius 3 is 2.37 bits per heavy atom. The molecule has 1 N–H and O–H groups in total. The minimum absolute atomic E-state index is 0.00110. The molecule has 0 aliphatic carbocycles. The van der Waals surface area contributed by atoms with E-state index in [9.17, 15) is 18.0 Å². The van der Waals surface area contributed by atoms with Crippen LogP contribution in [-0.2, 0) is 10.4 Å². The Kier molecular flexibility index (Phi) is 6.40. The van der Waals surface area contributed by atoms with Gasteiger partial charge in [-0.25, -0.2) is 9.97 Å². The van der Waals surface area contributed by atoms with E-state index >= 15 is 0 Å². The van der Waals surface area contributed by atoms with Gasteiger partial charge >= 0.3 is 6.18 Å². The van der Waals surface area contributed by atoms with Crippen LogP contribution < -0.4 is 5.32 Å². The summed E-state index contributed by atoms with van der Waals surface area (Å²) in [6, 6.07) is 9.94. The highest BCUT2D eigenvalue weighted by Crippen LogP contribution is 2.49. The second-order valence-corrected chi connectivity index (χ2v) is 8.55. The summed E-state index contributed by atoms with van der Waals surface area (Å²) in [4.78, 5) is 25.4. The number of aromatic nitrogens is 2. The molecule has 35 heavy (non-hydrogen) atoms. The van der Waals surface area contributed by atoms with Crippen LogP contribution in [0.1, 0.15) is 39.0 Å². The topological polar surface area (TPSA) is 100 Å². The number of hydrogen-bond donors (Lipinski definition) is 1. The van der Waals surface area contributed by atoms with Gasteiger partial charge in [0.05, 0.1) is 23.7 Å². The maximum absolute atomic E-state index is 14.2. The summed E-state index contributed by atoms with van der Waals surface area (Å²) >= 11 is 11.9. The summed E-state index contributed by atoms with van der Waals surface area (Å²) in [6.07, 6.45) is -2.91. The molecule has 178 valence electrons. The summed E-state index contributed by atoms with van der Waals surface area (Å²) in [5, 5.41) is 15.1. The van der Waals surface area contributed by atoms with Gasteiger partial charge in [0.2, 0.25) is 5.95 Å². The zero-order valence-electron chi connectivity index (χ0n) is 17.8. The first-order valence-corrected chi connectivity index (χ1v) is 10.7. The Hall–Kier alpha value is -3.68. The average Bonchev–Trinajstić information content (AvgIpc) is 3.26. The number of nitriles is 1. The first-order chi connectivity index (χ1) is 16.5. The van der Waals surface area contributed by atoms with Gasteiger partial charge in [0.25, 0.3) is 11.5 Å². The number of nitrogens with zero attached hydrogens (tertiary/aromatic N) is 4. The van der Waals surface area contributed by atoms with Gasteiger partial charge in [-0.3, -0.25) is 10.1 Å². The van der Waals surface area contributed by atoms with E-state index in [4.69, 9.17) is 33.3 Å². The van der Waals surface area contributed by atoms with E-state index in [0.29, 0.717) is 11.1 Å². The normalized spacial score (nSPS) is 17.3. The van der Waals surface area contributed by atoms with E-state index in [0.717, 1.165) is 12.1 Å². The fourth-order valence-corrected chi connectivity index (χ4v) is 4.09. The predicted octanol–water partition coefficient (Wildman–Crippen LogP) is 5.80. The third kappa shape index (κ3) is 4.78. The molecule has 4 rings (SSSR count). The van der Waals surface area contributed by atoms with Crippen LogP contribution in [-0.4, -0.2) is 27.8 Å². The molecule has 0 radical (unpaired) electrons. The number of hydrogen-bond acceptors (Lipinski definition) is 6. The molecule has 0 spiro atoms. The molecule has 0 saturated carbocycles. The monoisotopic (exact) mass is 519 g/mol. The zero-order chi connectivity index (χ0) is 25.4. The van der Waals surface area contributed by atoms with Gasteiger partial charge < -0.3 is 4.84 Å².